The molecule has 1 unspecified atom stereocenters. The van der Waals surface area contributed by atoms with E-state index in [9.17, 15) is 14.2 Å². The summed E-state index contributed by atoms with van der Waals surface area (Å²) in [6, 6.07) is 0. The van der Waals surface area contributed by atoms with Crippen LogP contribution in [0.4, 0.5) is 0 Å². The van der Waals surface area contributed by atoms with E-state index in [0.29, 0.717) is 0 Å². The fourth-order valence-corrected chi connectivity index (χ4v) is 0.941. The summed E-state index contributed by atoms with van der Waals surface area (Å²) >= 11 is 0. The van der Waals surface area contributed by atoms with Crippen molar-refractivity contribution in [1.82, 2.24) is 0 Å². The van der Waals surface area contributed by atoms with Crippen LogP contribution >= 0.6 is 7.92 Å². The van der Waals surface area contributed by atoms with Gasteiger partial charge in [-0.05, 0) is 0 Å². The van der Waals surface area contributed by atoms with Crippen molar-refractivity contribution in [2.24, 2.45) is 5.92 Å². The molecule has 0 aromatic carbocycles. The molecule has 6 heteroatoms. The van der Waals surface area contributed by atoms with Crippen molar-refractivity contribution in [3.8, 4) is 5.63 Å². The third-order valence-electron chi connectivity index (χ3n) is 1.15. The van der Waals surface area contributed by atoms with Crippen molar-refractivity contribution in [3.05, 3.63) is 0 Å². The summed E-state index contributed by atoms with van der Waals surface area (Å²) in [5.41, 5.74) is 2.09. The van der Waals surface area contributed by atoms with Crippen LogP contribution in [0.15, 0.2) is 0 Å². The molecule has 0 amide bonds. The maximum atomic E-state index is 10.3. The molecule has 0 aromatic heterocycles. The monoisotopic (exact) mass is 190 g/mol. The molecule has 5 nitrogen and oxygen atoms in total. The molecule has 0 aliphatic carbocycles. The van der Waals surface area contributed by atoms with Gasteiger partial charge in [-0.1, -0.05) is 0 Å². The Morgan fingerprint density at radius 3 is 2.33 bits per heavy atom. The quantitative estimate of drug-likeness (QED) is 0.639. The van der Waals surface area contributed by atoms with Crippen LogP contribution in [0.1, 0.15) is 12.8 Å². The number of hydrogen-bond donors (Lipinski definition) is 2. The van der Waals surface area contributed by atoms with E-state index in [2.05, 4.69) is 5.63 Å². The zero-order valence-electron chi connectivity index (χ0n) is 6.06. The van der Waals surface area contributed by atoms with E-state index in [-0.39, 0.29) is 12.8 Å². The van der Waals surface area contributed by atoms with Crippen LogP contribution in [0.5, 0.6) is 0 Å². The molecule has 0 rings (SSSR count). The summed E-state index contributed by atoms with van der Waals surface area (Å²) < 4.78 is 9.94. The molecule has 0 saturated carbocycles. The standard InChI is InChI=1S/C6H7O5P/c7-5(8)2-1-4(3-12-11)6(9)10/h4H,1-2H2,(H,7,8)(H,9,10). The van der Waals surface area contributed by atoms with Crippen molar-refractivity contribution in [2.45, 2.75) is 12.8 Å². The second kappa shape index (κ2) is 5.58. The molecule has 0 bridgehead atoms. The Bertz CT molecular complexity index is 277. The first-order valence-electron chi connectivity index (χ1n) is 3.10. The van der Waals surface area contributed by atoms with Crippen molar-refractivity contribution < 1.29 is 24.4 Å². The molecular weight excluding hydrogens is 183 g/mol. The zero-order valence-corrected chi connectivity index (χ0v) is 6.95. The summed E-state index contributed by atoms with van der Waals surface area (Å²) in [5.74, 6) is -3.36. The maximum absolute atomic E-state index is 10.3. The van der Waals surface area contributed by atoms with Crippen LogP contribution in [0.3, 0.4) is 0 Å². The predicted octanol–water partition coefficient (Wildman–Crippen LogP) is 0.803. The van der Waals surface area contributed by atoms with Gasteiger partial charge < -0.3 is 0 Å². The van der Waals surface area contributed by atoms with E-state index < -0.39 is 25.8 Å². The molecule has 0 radical (unpaired) electrons. The number of hydrogen-bond acceptors (Lipinski definition) is 3. The van der Waals surface area contributed by atoms with Gasteiger partial charge in [-0.2, -0.15) is 0 Å². The van der Waals surface area contributed by atoms with Crippen LogP contribution in [-0.4, -0.2) is 22.2 Å². The summed E-state index contributed by atoms with van der Waals surface area (Å²) in [5, 5.41) is 16.6. The van der Waals surface area contributed by atoms with Crippen molar-refractivity contribution >= 4 is 19.9 Å². The second-order valence-electron chi connectivity index (χ2n) is 2.04. The fourth-order valence-electron chi connectivity index (χ4n) is 0.575. The molecule has 0 aromatic rings. The molecule has 0 aliphatic rings. The van der Waals surface area contributed by atoms with Crippen LogP contribution in [0.2, 0.25) is 0 Å². The molecule has 0 heterocycles. The third-order valence-corrected chi connectivity index (χ3v) is 1.57. The van der Waals surface area contributed by atoms with Gasteiger partial charge >= 0.3 is 68.6 Å². The van der Waals surface area contributed by atoms with Gasteiger partial charge in [0.2, 0.25) is 0 Å². The number of carboxylic acids is 2. The summed E-state index contributed by atoms with van der Waals surface area (Å²) in [6.45, 7) is 0. The molecule has 0 aliphatic heterocycles. The minimum atomic E-state index is -1.21. The SMILES string of the molecule is O=P#CC(CCC(=O)O)C(=O)O. The van der Waals surface area contributed by atoms with E-state index in [4.69, 9.17) is 10.2 Å². The molecule has 1 atom stereocenters. The van der Waals surface area contributed by atoms with E-state index in [1.54, 1.807) is 0 Å². The fraction of sp³-hybridized carbons (Fsp3) is 0.500. The Balaban J connectivity index is 4.12. The Morgan fingerprint density at radius 2 is 2.00 bits per heavy atom. The van der Waals surface area contributed by atoms with Crippen LogP contribution < -0.4 is 0 Å². The average molecular weight is 190 g/mol. The Morgan fingerprint density at radius 1 is 1.42 bits per heavy atom. The minimum absolute atomic E-state index is 0.0834. The van der Waals surface area contributed by atoms with Crippen LogP contribution in [-0.2, 0) is 14.2 Å². The van der Waals surface area contributed by atoms with Gasteiger partial charge in [0, 0.05) is 0 Å². The van der Waals surface area contributed by atoms with Gasteiger partial charge in [0.05, 0.1) is 0 Å². The number of aliphatic carboxylic acids is 2. The molecule has 0 saturated heterocycles. The summed E-state index contributed by atoms with van der Waals surface area (Å²) in [7, 11) is -0.512. The van der Waals surface area contributed by atoms with Crippen LogP contribution in [0.25, 0.3) is 0 Å². The third kappa shape index (κ3) is 4.72. The average Bonchev–Trinajstić information content (AvgIpc) is 1.96. The topological polar surface area (TPSA) is 91.7 Å². The first-order valence-corrected chi connectivity index (χ1v) is 3.91. The molecule has 0 fully saturated rings. The predicted molar refractivity (Wildman–Crippen MR) is 39.5 cm³/mol. The normalized spacial score (nSPS) is 11.3. The summed E-state index contributed by atoms with van der Waals surface area (Å²) in [4.78, 5) is 20.3. The van der Waals surface area contributed by atoms with Gasteiger partial charge in [0.1, 0.15) is 0 Å². The Hall–Kier alpha value is -1.05. The number of rotatable bonds is 4. The molecule has 12 heavy (non-hydrogen) atoms. The van der Waals surface area contributed by atoms with Gasteiger partial charge in [-0.3, -0.25) is 0 Å². The Kier molecular flexibility index (Phi) is 5.09. The first-order chi connectivity index (χ1) is 5.57. The number of carboxylic acid groups (broad SMARTS) is 2. The zero-order chi connectivity index (χ0) is 9.56. The van der Waals surface area contributed by atoms with Gasteiger partial charge in [-0.15, -0.1) is 0 Å². The summed E-state index contributed by atoms with van der Waals surface area (Å²) in [6.07, 6.45) is -0.348. The van der Waals surface area contributed by atoms with Crippen molar-refractivity contribution in [3.63, 3.8) is 0 Å². The Labute approximate surface area is 69.5 Å². The first kappa shape index (κ1) is 11.0. The van der Waals surface area contributed by atoms with Gasteiger partial charge in [-0.25, -0.2) is 0 Å². The molecular formula is C6H7O5P. The number of carbonyl (C=O) groups is 2. The van der Waals surface area contributed by atoms with Gasteiger partial charge in [0.15, 0.2) is 0 Å². The molecule has 66 valence electrons. The molecule has 2 N–H and O–H groups in total. The van der Waals surface area contributed by atoms with E-state index >= 15 is 0 Å². The van der Waals surface area contributed by atoms with Gasteiger partial charge in [0.25, 0.3) is 0 Å². The van der Waals surface area contributed by atoms with Crippen LogP contribution in [0, 0.1) is 11.5 Å². The van der Waals surface area contributed by atoms with E-state index in [0.717, 1.165) is 0 Å². The van der Waals surface area contributed by atoms with Crippen molar-refractivity contribution in [2.75, 3.05) is 0 Å². The van der Waals surface area contributed by atoms with Crippen molar-refractivity contribution in [1.29, 1.82) is 0 Å². The van der Waals surface area contributed by atoms with E-state index in [1.165, 1.54) is 0 Å². The second-order valence-corrected chi connectivity index (χ2v) is 2.48. The molecule has 0 spiro atoms. The van der Waals surface area contributed by atoms with E-state index in [1.807, 2.05) is 0 Å².